The number of hydrogen-bond donors (Lipinski definition) is 1. The van der Waals surface area contributed by atoms with Crippen molar-refractivity contribution in [2.24, 2.45) is 7.05 Å². The summed E-state index contributed by atoms with van der Waals surface area (Å²) in [4.78, 5) is 7.88. The Bertz CT molecular complexity index is 424. The minimum absolute atomic E-state index is 0.125. The second-order valence-corrected chi connectivity index (χ2v) is 2.64. The van der Waals surface area contributed by atoms with Crippen LogP contribution >= 0.6 is 0 Å². The molecule has 66 valence electrons. The molecule has 0 aliphatic rings. The monoisotopic (exact) mass is 176 g/mol. The third-order valence-electron chi connectivity index (χ3n) is 1.69. The topological polar surface area (TPSA) is 63.8 Å². The molecule has 0 aliphatic carbocycles. The number of pyridine rings is 1. The van der Waals surface area contributed by atoms with Gasteiger partial charge >= 0.3 is 0 Å². The second-order valence-electron chi connectivity index (χ2n) is 2.64. The van der Waals surface area contributed by atoms with Crippen molar-refractivity contribution >= 4 is 0 Å². The molecule has 0 aromatic carbocycles. The normalized spacial score (nSPS) is 10.2. The lowest BCUT2D eigenvalue weighted by molar-refractivity contribution is 0.473. The van der Waals surface area contributed by atoms with E-state index >= 15 is 0 Å². The smallest absolute Gasteiger partial charge is 0.159 e. The quantitative estimate of drug-likeness (QED) is 0.690. The molecule has 0 amide bonds. The van der Waals surface area contributed by atoms with Crippen LogP contribution in [0.3, 0.4) is 0 Å². The fourth-order valence-electron chi connectivity index (χ4n) is 1.11. The van der Waals surface area contributed by atoms with Crippen molar-refractivity contribution in [3.8, 4) is 17.1 Å². The molecule has 0 atom stereocenters. The summed E-state index contributed by atoms with van der Waals surface area (Å²) < 4.78 is 1.62. The lowest BCUT2D eigenvalue weighted by Gasteiger charge is -1.99. The minimum Gasteiger partial charge on any atom is -0.506 e. The SMILES string of the molecule is Cn1ncnc1-c1cncc(O)c1. The summed E-state index contributed by atoms with van der Waals surface area (Å²) in [6.07, 6.45) is 4.46. The van der Waals surface area contributed by atoms with E-state index in [2.05, 4.69) is 15.1 Å². The van der Waals surface area contributed by atoms with Gasteiger partial charge in [0.25, 0.3) is 0 Å². The van der Waals surface area contributed by atoms with Gasteiger partial charge in [-0.15, -0.1) is 0 Å². The van der Waals surface area contributed by atoms with Crippen LogP contribution in [0.15, 0.2) is 24.8 Å². The van der Waals surface area contributed by atoms with Gasteiger partial charge < -0.3 is 5.11 Å². The van der Waals surface area contributed by atoms with Crippen LogP contribution < -0.4 is 0 Å². The van der Waals surface area contributed by atoms with Gasteiger partial charge in [-0.2, -0.15) is 5.10 Å². The Hall–Kier alpha value is -1.91. The Morgan fingerprint density at radius 2 is 2.23 bits per heavy atom. The Morgan fingerprint density at radius 1 is 1.38 bits per heavy atom. The van der Waals surface area contributed by atoms with Crippen molar-refractivity contribution in [2.75, 3.05) is 0 Å². The van der Waals surface area contributed by atoms with E-state index in [1.165, 1.54) is 12.5 Å². The molecule has 0 unspecified atom stereocenters. The zero-order chi connectivity index (χ0) is 9.26. The lowest BCUT2D eigenvalue weighted by atomic mass is 10.2. The van der Waals surface area contributed by atoms with Gasteiger partial charge in [0.1, 0.15) is 12.1 Å². The van der Waals surface area contributed by atoms with Crippen molar-refractivity contribution in [2.45, 2.75) is 0 Å². The number of aryl methyl sites for hydroxylation is 1. The summed E-state index contributed by atoms with van der Waals surface area (Å²) in [6.45, 7) is 0. The van der Waals surface area contributed by atoms with E-state index < -0.39 is 0 Å². The van der Waals surface area contributed by atoms with Crippen LogP contribution in [0.1, 0.15) is 0 Å². The van der Waals surface area contributed by atoms with E-state index in [1.807, 2.05) is 0 Å². The second kappa shape index (κ2) is 2.85. The summed E-state index contributed by atoms with van der Waals surface area (Å²) in [7, 11) is 1.78. The average Bonchev–Trinajstić information content (AvgIpc) is 2.51. The molecule has 5 nitrogen and oxygen atoms in total. The van der Waals surface area contributed by atoms with Crippen LogP contribution in [0.5, 0.6) is 5.75 Å². The number of rotatable bonds is 1. The van der Waals surface area contributed by atoms with Gasteiger partial charge in [-0.3, -0.25) is 4.98 Å². The zero-order valence-electron chi connectivity index (χ0n) is 7.05. The largest absolute Gasteiger partial charge is 0.506 e. The van der Waals surface area contributed by atoms with Gasteiger partial charge in [0.05, 0.1) is 6.20 Å². The molecule has 13 heavy (non-hydrogen) atoms. The molecule has 2 heterocycles. The Labute approximate surface area is 74.7 Å². The fourth-order valence-corrected chi connectivity index (χ4v) is 1.11. The summed E-state index contributed by atoms with van der Waals surface area (Å²) >= 11 is 0. The first-order valence-electron chi connectivity index (χ1n) is 3.76. The molecule has 0 saturated heterocycles. The highest BCUT2D eigenvalue weighted by atomic mass is 16.3. The Kier molecular flexibility index (Phi) is 1.70. The van der Waals surface area contributed by atoms with Gasteiger partial charge in [0.2, 0.25) is 0 Å². The maximum atomic E-state index is 9.18. The third kappa shape index (κ3) is 1.35. The highest BCUT2D eigenvalue weighted by Crippen LogP contribution is 2.18. The number of nitrogens with zero attached hydrogens (tertiary/aromatic N) is 4. The number of aromatic hydroxyl groups is 1. The Morgan fingerprint density at radius 3 is 2.85 bits per heavy atom. The molecule has 0 spiro atoms. The van der Waals surface area contributed by atoms with Gasteiger partial charge in [0, 0.05) is 18.8 Å². The van der Waals surface area contributed by atoms with Crippen LogP contribution in [0.2, 0.25) is 0 Å². The van der Waals surface area contributed by atoms with Gasteiger partial charge in [-0.1, -0.05) is 0 Å². The zero-order valence-corrected chi connectivity index (χ0v) is 7.05. The number of hydrogen-bond acceptors (Lipinski definition) is 4. The molecule has 2 aromatic rings. The van der Waals surface area contributed by atoms with Crippen LogP contribution in [0, 0.1) is 0 Å². The predicted molar refractivity (Wildman–Crippen MR) is 45.9 cm³/mol. The van der Waals surface area contributed by atoms with Gasteiger partial charge in [-0.25, -0.2) is 9.67 Å². The molecule has 1 N–H and O–H groups in total. The van der Waals surface area contributed by atoms with Crippen molar-refractivity contribution in [3.63, 3.8) is 0 Å². The predicted octanol–water partition coefficient (Wildman–Crippen LogP) is 0.583. The first kappa shape index (κ1) is 7.72. The molecule has 2 rings (SSSR count). The highest BCUT2D eigenvalue weighted by Gasteiger charge is 2.04. The van der Waals surface area contributed by atoms with E-state index in [9.17, 15) is 5.11 Å². The first-order chi connectivity index (χ1) is 6.27. The molecular formula is C8H8N4O. The van der Waals surface area contributed by atoms with Gasteiger partial charge in [0.15, 0.2) is 5.82 Å². The fraction of sp³-hybridized carbons (Fsp3) is 0.125. The molecule has 0 radical (unpaired) electrons. The number of aromatic nitrogens is 4. The minimum atomic E-state index is 0.125. The van der Waals surface area contributed by atoms with Gasteiger partial charge in [-0.05, 0) is 6.07 Å². The molecule has 2 aromatic heterocycles. The molecule has 0 saturated carbocycles. The van der Waals surface area contributed by atoms with E-state index in [4.69, 9.17) is 0 Å². The lowest BCUT2D eigenvalue weighted by Crippen LogP contribution is -1.94. The van der Waals surface area contributed by atoms with Crippen LogP contribution in [-0.2, 0) is 7.05 Å². The molecule has 0 bridgehead atoms. The first-order valence-corrected chi connectivity index (χ1v) is 3.76. The standard InChI is InChI=1S/C8H8N4O/c1-12-8(10-5-11-12)6-2-7(13)4-9-3-6/h2-5,13H,1H3. The summed E-state index contributed by atoms with van der Waals surface area (Å²) in [5.41, 5.74) is 0.750. The van der Waals surface area contributed by atoms with Crippen molar-refractivity contribution < 1.29 is 5.11 Å². The van der Waals surface area contributed by atoms with Crippen molar-refractivity contribution in [1.29, 1.82) is 0 Å². The molecule has 5 heteroatoms. The third-order valence-corrected chi connectivity index (χ3v) is 1.69. The van der Waals surface area contributed by atoms with Crippen LogP contribution in [0.25, 0.3) is 11.4 Å². The average molecular weight is 176 g/mol. The van der Waals surface area contributed by atoms with Crippen LogP contribution in [-0.4, -0.2) is 24.9 Å². The van der Waals surface area contributed by atoms with E-state index in [-0.39, 0.29) is 5.75 Å². The van der Waals surface area contributed by atoms with Crippen molar-refractivity contribution in [1.82, 2.24) is 19.7 Å². The molecular weight excluding hydrogens is 168 g/mol. The maximum absolute atomic E-state index is 9.18. The Balaban J connectivity index is 2.53. The highest BCUT2D eigenvalue weighted by molar-refractivity contribution is 5.55. The van der Waals surface area contributed by atoms with Crippen molar-refractivity contribution in [3.05, 3.63) is 24.8 Å². The van der Waals surface area contributed by atoms with E-state index in [0.717, 1.165) is 5.56 Å². The summed E-state index contributed by atoms with van der Waals surface area (Å²) in [6, 6.07) is 1.59. The van der Waals surface area contributed by atoms with E-state index in [1.54, 1.807) is 24.0 Å². The van der Waals surface area contributed by atoms with Crippen LogP contribution in [0.4, 0.5) is 0 Å². The van der Waals surface area contributed by atoms with E-state index in [0.29, 0.717) is 5.82 Å². The summed E-state index contributed by atoms with van der Waals surface area (Å²) in [5.74, 6) is 0.809. The molecule has 0 fully saturated rings. The maximum Gasteiger partial charge on any atom is 0.159 e. The molecule has 0 aliphatic heterocycles. The summed E-state index contributed by atoms with van der Waals surface area (Å²) in [5, 5.41) is 13.1.